The number of hydrogen-bond donors (Lipinski definition) is 1. The van der Waals surface area contributed by atoms with Crippen molar-refractivity contribution in [3.63, 3.8) is 0 Å². The molecule has 250 valence electrons. The lowest BCUT2D eigenvalue weighted by atomic mass is 9.69. The van der Waals surface area contributed by atoms with Crippen LogP contribution in [0.1, 0.15) is 109 Å². The molecular formula is C49H43NS. The second-order valence-electron chi connectivity index (χ2n) is 15.8. The topological polar surface area (TPSA) is 12.0 Å². The summed E-state index contributed by atoms with van der Waals surface area (Å²) in [5.41, 5.74) is 16.5. The van der Waals surface area contributed by atoms with E-state index in [4.69, 9.17) is 0 Å². The van der Waals surface area contributed by atoms with Crippen molar-refractivity contribution < 1.29 is 0 Å². The molecule has 0 unspecified atom stereocenters. The second-order valence-corrected chi connectivity index (χ2v) is 16.9. The minimum atomic E-state index is -0.336. The molecule has 0 saturated heterocycles. The molecule has 2 fully saturated rings. The van der Waals surface area contributed by atoms with Crippen LogP contribution in [-0.2, 0) is 5.41 Å². The summed E-state index contributed by atoms with van der Waals surface area (Å²) < 4.78 is 2.69. The number of fused-ring (bicyclic) bond motifs is 13. The maximum atomic E-state index is 3.89. The van der Waals surface area contributed by atoms with E-state index in [1.807, 2.05) is 11.3 Å². The molecule has 0 radical (unpaired) electrons. The molecule has 2 heteroatoms. The summed E-state index contributed by atoms with van der Waals surface area (Å²) in [6.07, 6.45) is 13.4. The van der Waals surface area contributed by atoms with E-state index < -0.39 is 0 Å². The van der Waals surface area contributed by atoms with Crippen molar-refractivity contribution in [2.24, 2.45) is 0 Å². The van der Waals surface area contributed by atoms with Crippen molar-refractivity contribution in [1.29, 1.82) is 0 Å². The Bertz CT molecular complexity index is 2420. The maximum absolute atomic E-state index is 3.89. The zero-order chi connectivity index (χ0) is 33.5. The molecule has 4 aliphatic rings. The standard InChI is InChI=1S/C49H43NS/c1-3-11-31(12-4-1)33-19-23-38-39-24-20-34(32-13-5-2-6-14-32)28-45(39)49(44(38)27-33)43-17-9-7-15-37(43)40-25-21-36(30-46(40)49)50-35-22-26-48-42(29-35)41-16-8-10-18-47(41)51-48/h7-10,15-32,50H,1-6,11-14H2. The molecule has 0 bridgehead atoms. The molecular weight excluding hydrogens is 635 g/mol. The van der Waals surface area contributed by atoms with Crippen LogP contribution in [0.15, 0.2) is 121 Å². The Morgan fingerprint density at radius 3 is 1.67 bits per heavy atom. The first-order chi connectivity index (χ1) is 25.3. The van der Waals surface area contributed by atoms with Crippen LogP contribution in [0.3, 0.4) is 0 Å². The second kappa shape index (κ2) is 11.7. The third-order valence-electron chi connectivity index (χ3n) is 13.0. The summed E-state index contributed by atoms with van der Waals surface area (Å²) in [7, 11) is 0. The first-order valence-electron chi connectivity index (χ1n) is 19.5. The Balaban J connectivity index is 1.12. The smallest absolute Gasteiger partial charge is 0.0726 e. The normalized spacial score (nSPS) is 17.8. The van der Waals surface area contributed by atoms with Crippen molar-refractivity contribution in [1.82, 2.24) is 0 Å². The first-order valence-corrected chi connectivity index (χ1v) is 20.3. The van der Waals surface area contributed by atoms with Crippen LogP contribution in [0.5, 0.6) is 0 Å². The van der Waals surface area contributed by atoms with Crippen LogP contribution >= 0.6 is 11.3 Å². The zero-order valence-electron chi connectivity index (χ0n) is 29.2. The highest BCUT2D eigenvalue weighted by Crippen LogP contribution is 2.64. The van der Waals surface area contributed by atoms with E-state index in [-0.39, 0.29) is 5.41 Å². The van der Waals surface area contributed by atoms with E-state index in [1.54, 1.807) is 11.1 Å². The molecule has 7 aromatic rings. The molecule has 4 aliphatic carbocycles. The van der Waals surface area contributed by atoms with E-state index in [0.29, 0.717) is 11.8 Å². The highest BCUT2D eigenvalue weighted by molar-refractivity contribution is 7.25. The Hall–Kier alpha value is -4.66. The predicted octanol–water partition coefficient (Wildman–Crippen LogP) is 14.2. The predicted molar refractivity (Wildman–Crippen MR) is 217 cm³/mol. The summed E-state index contributed by atoms with van der Waals surface area (Å²) in [5.74, 6) is 1.32. The molecule has 1 aromatic heterocycles. The van der Waals surface area contributed by atoms with Gasteiger partial charge in [-0.3, -0.25) is 0 Å². The van der Waals surface area contributed by atoms with Gasteiger partial charge in [0.05, 0.1) is 5.41 Å². The molecule has 2 saturated carbocycles. The van der Waals surface area contributed by atoms with Gasteiger partial charge < -0.3 is 5.32 Å². The van der Waals surface area contributed by atoms with Gasteiger partial charge in [-0.15, -0.1) is 11.3 Å². The fraction of sp³-hybridized carbons (Fsp3) is 0.265. The van der Waals surface area contributed by atoms with Gasteiger partial charge in [-0.25, -0.2) is 0 Å². The lowest BCUT2D eigenvalue weighted by molar-refractivity contribution is 0.443. The number of nitrogens with one attached hydrogen (secondary N) is 1. The summed E-state index contributed by atoms with van der Waals surface area (Å²) in [5, 5.41) is 6.56. The lowest BCUT2D eigenvalue weighted by Gasteiger charge is -2.32. The summed E-state index contributed by atoms with van der Waals surface area (Å²) in [4.78, 5) is 0. The summed E-state index contributed by atoms with van der Waals surface area (Å²) in [6, 6.07) is 47.5. The number of benzene rings is 6. The van der Waals surface area contributed by atoms with Gasteiger partial charge in [0, 0.05) is 31.5 Å². The van der Waals surface area contributed by atoms with Crippen molar-refractivity contribution in [3.05, 3.63) is 155 Å². The van der Waals surface area contributed by atoms with Gasteiger partial charge in [-0.1, -0.05) is 123 Å². The van der Waals surface area contributed by atoms with Crippen molar-refractivity contribution >= 4 is 42.9 Å². The average Bonchev–Trinajstić information content (AvgIpc) is 3.81. The molecule has 0 aliphatic heterocycles. The Kier molecular flexibility index (Phi) is 6.88. The molecule has 1 spiro atoms. The van der Waals surface area contributed by atoms with Gasteiger partial charge >= 0.3 is 0 Å². The van der Waals surface area contributed by atoms with Gasteiger partial charge in [0.2, 0.25) is 0 Å². The fourth-order valence-corrected chi connectivity index (χ4v) is 11.7. The minimum Gasteiger partial charge on any atom is -0.355 e. The molecule has 1 nitrogen and oxygen atoms in total. The number of rotatable bonds is 4. The van der Waals surface area contributed by atoms with Crippen molar-refractivity contribution in [2.45, 2.75) is 81.5 Å². The van der Waals surface area contributed by atoms with Gasteiger partial charge in [-0.05, 0) is 130 Å². The molecule has 0 amide bonds. The fourth-order valence-electron chi connectivity index (χ4n) is 10.6. The molecule has 1 N–H and O–H groups in total. The van der Waals surface area contributed by atoms with E-state index in [2.05, 4.69) is 127 Å². The van der Waals surface area contributed by atoms with Crippen LogP contribution in [0.25, 0.3) is 42.4 Å². The molecule has 6 aromatic carbocycles. The SMILES string of the molecule is c1ccc2c(c1)-c1ccc(Nc3ccc4sc5ccccc5c4c3)cc1C21c2cc(C3CCCCC3)ccc2-c2ccc(C3CCCCC3)cc21. The third-order valence-corrected chi connectivity index (χ3v) is 14.2. The number of thiophene rings is 1. The molecule has 51 heavy (non-hydrogen) atoms. The highest BCUT2D eigenvalue weighted by atomic mass is 32.1. The monoisotopic (exact) mass is 677 g/mol. The molecule has 11 rings (SSSR count). The Morgan fingerprint density at radius 2 is 0.961 bits per heavy atom. The minimum absolute atomic E-state index is 0.336. The van der Waals surface area contributed by atoms with Crippen molar-refractivity contribution in [3.8, 4) is 22.3 Å². The number of hydrogen-bond acceptors (Lipinski definition) is 2. The summed E-state index contributed by atoms with van der Waals surface area (Å²) in [6.45, 7) is 0. The van der Waals surface area contributed by atoms with Crippen molar-refractivity contribution in [2.75, 3.05) is 5.32 Å². The zero-order valence-corrected chi connectivity index (χ0v) is 30.0. The summed E-state index contributed by atoms with van der Waals surface area (Å²) >= 11 is 1.88. The number of anilines is 2. The van der Waals surface area contributed by atoms with Crippen LogP contribution < -0.4 is 5.32 Å². The van der Waals surface area contributed by atoms with Gasteiger partial charge in [-0.2, -0.15) is 0 Å². The van der Waals surface area contributed by atoms with Gasteiger partial charge in [0.25, 0.3) is 0 Å². The van der Waals surface area contributed by atoms with Crippen LogP contribution in [0.2, 0.25) is 0 Å². The Labute approximate surface area is 305 Å². The average molecular weight is 678 g/mol. The molecule has 0 atom stereocenters. The largest absolute Gasteiger partial charge is 0.355 e. The van der Waals surface area contributed by atoms with E-state index in [9.17, 15) is 0 Å². The van der Waals surface area contributed by atoms with E-state index in [1.165, 1.54) is 129 Å². The van der Waals surface area contributed by atoms with Crippen LogP contribution in [-0.4, -0.2) is 0 Å². The van der Waals surface area contributed by atoms with E-state index in [0.717, 1.165) is 11.4 Å². The third kappa shape index (κ3) is 4.52. The maximum Gasteiger partial charge on any atom is 0.0726 e. The van der Waals surface area contributed by atoms with E-state index >= 15 is 0 Å². The highest BCUT2D eigenvalue weighted by Gasteiger charge is 2.52. The van der Waals surface area contributed by atoms with Gasteiger partial charge in [0.15, 0.2) is 0 Å². The molecule has 1 heterocycles. The Morgan fingerprint density at radius 1 is 0.431 bits per heavy atom. The first kappa shape index (κ1) is 30.0. The lowest BCUT2D eigenvalue weighted by Crippen LogP contribution is -2.26. The van der Waals surface area contributed by atoms with Crippen LogP contribution in [0, 0.1) is 0 Å². The van der Waals surface area contributed by atoms with Gasteiger partial charge in [0.1, 0.15) is 0 Å². The van der Waals surface area contributed by atoms with Crippen LogP contribution in [0.4, 0.5) is 11.4 Å². The quantitative estimate of drug-likeness (QED) is 0.195.